The molecule has 1 aliphatic rings. The molecule has 1 unspecified atom stereocenters. The molecule has 0 N–H and O–H groups in total. The average Bonchev–Trinajstić information content (AvgIpc) is 3.75. The van der Waals surface area contributed by atoms with Crippen LogP contribution in [0.3, 0.4) is 0 Å². The molecule has 216 valence electrons. The highest BCUT2D eigenvalue weighted by atomic mass is 31.2. The number of nitrogens with zero attached hydrogens (tertiary/aromatic N) is 1. The van der Waals surface area contributed by atoms with Crippen molar-refractivity contribution in [2.24, 2.45) is 0 Å². The van der Waals surface area contributed by atoms with Gasteiger partial charge < -0.3 is 13.5 Å². The highest BCUT2D eigenvalue weighted by Crippen LogP contribution is 2.54. The van der Waals surface area contributed by atoms with Crippen molar-refractivity contribution in [2.75, 3.05) is 0 Å². The molecule has 3 heterocycles. The van der Waals surface area contributed by atoms with E-state index < -0.39 is 7.14 Å². The first-order valence-electron chi connectivity index (χ1n) is 15.5. The lowest BCUT2D eigenvalue weighted by Gasteiger charge is -2.16. The number of furan rings is 1. The van der Waals surface area contributed by atoms with E-state index >= 15 is 4.57 Å². The fourth-order valence-corrected chi connectivity index (χ4v) is 10.6. The molecule has 0 radical (unpaired) electrons. The Morgan fingerprint density at radius 2 is 1.20 bits per heavy atom. The van der Waals surface area contributed by atoms with Gasteiger partial charge in [0.05, 0.1) is 11.0 Å². The third-order valence-electron chi connectivity index (χ3n) is 9.62. The van der Waals surface area contributed by atoms with Gasteiger partial charge in [-0.15, -0.1) is 0 Å². The third kappa shape index (κ3) is 3.41. The second-order valence-electron chi connectivity index (χ2n) is 12.0. The maximum Gasteiger partial charge on any atom is 0.172 e. The molecule has 4 heteroatoms. The smallest absolute Gasteiger partial charge is 0.172 e. The number of benzene rings is 7. The summed E-state index contributed by atoms with van der Waals surface area (Å²) in [6.45, 7) is 0. The molecule has 0 saturated heterocycles. The quantitative estimate of drug-likeness (QED) is 0.187. The van der Waals surface area contributed by atoms with Crippen molar-refractivity contribution in [3.8, 4) is 27.9 Å². The van der Waals surface area contributed by atoms with Crippen molar-refractivity contribution in [2.45, 2.75) is 0 Å². The highest BCUT2D eigenvalue weighted by molar-refractivity contribution is 7.86. The zero-order chi connectivity index (χ0) is 30.4. The van der Waals surface area contributed by atoms with Gasteiger partial charge in [0.1, 0.15) is 11.2 Å². The molecule has 9 aromatic rings. The lowest BCUT2D eigenvalue weighted by Crippen LogP contribution is -2.20. The van der Waals surface area contributed by atoms with Crippen LogP contribution in [-0.4, -0.2) is 4.57 Å². The van der Waals surface area contributed by atoms with Crippen LogP contribution in [-0.2, 0) is 4.57 Å². The van der Waals surface area contributed by atoms with Crippen LogP contribution >= 0.6 is 7.14 Å². The number of rotatable bonds is 3. The fourth-order valence-electron chi connectivity index (χ4n) is 7.56. The van der Waals surface area contributed by atoms with Crippen molar-refractivity contribution in [1.82, 2.24) is 4.57 Å². The van der Waals surface area contributed by atoms with Crippen LogP contribution in [0.4, 0.5) is 0 Å². The van der Waals surface area contributed by atoms with Gasteiger partial charge >= 0.3 is 0 Å². The predicted molar refractivity (Wildman–Crippen MR) is 192 cm³/mol. The largest absolute Gasteiger partial charge is 0.456 e. The van der Waals surface area contributed by atoms with Crippen LogP contribution < -0.4 is 15.9 Å². The minimum Gasteiger partial charge on any atom is -0.456 e. The number of fused-ring (bicyclic) bond motifs is 10. The normalized spacial score (nSPS) is 15.6. The van der Waals surface area contributed by atoms with Crippen LogP contribution in [0.5, 0.6) is 0 Å². The van der Waals surface area contributed by atoms with Gasteiger partial charge in [0.15, 0.2) is 7.14 Å². The average molecular weight is 608 g/mol. The summed E-state index contributed by atoms with van der Waals surface area (Å²) in [4.78, 5) is 0. The molecule has 0 fully saturated rings. The number of hydrogen-bond acceptors (Lipinski definition) is 2. The fraction of sp³-hybridized carbons (Fsp3) is 0. The molecule has 2 aromatic heterocycles. The van der Waals surface area contributed by atoms with Gasteiger partial charge in [0.25, 0.3) is 0 Å². The molecule has 1 aliphatic heterocycles. The Morgan fingerprint density at radius 1 is 0.500 bits per heavy atom. The molecule has 0 spiro atoms. The minimum absolute atomic E-state index is 0.870. The van der Waals surface area contributed by atoms with Gasteiger partial charge in [-0.1, -0.05) is 115 Å². The van der Waals surface area contributed by atoms with Crippen LogP contribution in [0.2, 0.25) is 0 Å². The molecule has 0 bridgehead atoms. The lowest BCUT2D eigenvalue weighted by atomic mass is 10.0. The molecule has 7 aromatic carbocycles. The highest BCUT2D eigenvalue weighted by Gasteiger charge is 2.41. The second kappa shape index (κ2) is 9.44. The predicted octanol–water partition coefficient (Wildman–Crippen LogP) is 9.97. The number of para-hydroxylation sites is 2. The Kier molecular flexibility index (Phi) is 5.27. The monoisotopic (exact) mass is 607 g/mol. The van der Waals surface area contributed by atoms with Gasteiger partial charge in [-0.25, -0.2) is 0 Å². The Balaban J connectivity index is 1.21. The molecular formula is C42H26NO2P. The first-order valence-corrected chi connectivity index (χ1v) is 17.3. The van der Waals surface area contributed by atoms with E-state index in [1.807, 2.05) is 48.5 Å². The Morgan fingerprint density at radius 3 is 2.07 bits per heavy atom. The maximum atomic E-state index is 15.3. The van der Waals surface area contributed by atoms with Crippen LogP contribution in [0.15, 0.2) is 162 Å². The maximum absolute atomic E-state index is 15.3. The van der Waals surface area contributed by atoms with Crippen molar-refractivity contribution < 1.29 is 8.98 Å². The first-order chi connectivity index (χ1) is 22.7. The van der Waals surface area contributed by atoms with Gasteiger partial charge in [-0.05, 0) is 59.2 Å². The van der Waals surface area contributed by atoms with E-state index in [0.717, 1.165) is 82.2 Å². The summed E-state index contributed by atoms with van der Waals surface area (Å²) >= 11 is 0. The van der Waals surface area contributed by atoms with E-state index in [2.05, 4.69) is 114 Å². The van der Waals surface area contributed by atoms with E-state index in [1.165, 1.54) is 5.39 Å². The number of hydrogen-bond donors (Lipinski definition) is 0. The standard InChI is InChI=1S/C42H26NO2P/c44-46(30-10-2-1-3-11-30)39-17-9-6-14-34(39)41-40(46)25-23-33-31-12-4-7-15-36(31)43(42(33)41)29-21-18-27(19-22-29)28-20-24-38-35(26-28)32-13-5-8-16-37(32)45-38/h1-26H. The minimum atomic E-state index is -3.06. The van der Waals surface area contributed by atoms with Crippen LogP contribution in [0, 0.1) is 0 Å². The molecule has 3 nitrogen and oxygen atoms in total. The van der Waals surface area contributed by atoms with Crippen molar-refractivity contribution >= 4 is 66.8 Å². The topological polar surface area (TPSA) is 35.1 Å². The first kappa shape index (κ1) is 25.7. The third-order valence-corrected chi connectivity index (χ3v) is 12.8. The van der Waals surface area contributed by atoms with E-state index in [0.29, 0.717) is 0 Å². The molecule has 46 heavy (non-hydrogen) atoms. The van der Waals surface area contributed by atoms with Gasteiger partial charge in [0, 0.05) is 48.7 Å². The number of aromatic nitrogens is 1. The van der Waals surface area contributed by atoms with Crippen LogP contribution in [0.1, 0.15) is 0 Å². The summed E-state index contributed by atoms with van der Waals surface area (Å²) in [5.74, 6) is 0. The Hall–Kier alpha value is -5.63. The van der Waals surface area contributed by atoms with Crippen molar-refractivity contribution in [3.05, 3.63) is 158 Å². The zero-order valence-corrected chi connectivity index (χ0v) is 25.6. The summed E-state index contributed by atoms with van der Waals surface area (Å²) in [6, 6.07) is 54.5. The van der Waals surface area contributed by atoms with Crippen molar-refractivity contribution in [1.29, 1.82) is 0 Å². The SMILES string of the molecule is O=P1(c2ccccc2)c2ccccc2-c2c1ccc1c3ccccc3n(-c3ccc(-c4ccc5oc6ccccc6c5c4)cc3)c21. The Labute approximate surface area is 265 Å². The molecule has 0 saturated carbocycles. The van der Waals surface area contributed by atoms with Crippen LogP contribution in [0.25, 0.3) is 71.7 Å². The summed E-state index contributed by atoms with van der Waals surface area (Å²) in [6.07, 6.45) is 0. The zero-order valence-electron chi connectivity index (χ0n) is 24.7. The summed E-state index contributed by atoms with van der Waals surface area (Å²) in [5, 5.41) is 7.29. The molecule has 1 atom stereocenters. The second-order valence-corrected chi connectivity index (χ2v) is 14.7. The van der Waals surface area contributed by atoms with Gasteiger partial charge in [-0.3, -0.25) is 0 Å². The van der Waals surface area contributed by atoms with E-state index in [9.17, 15) is 0 Å². The summed E-state index contributed by atoms with van der Waals surface area (Å²) < 4.78 is 23.7. The summed E-state index contributed by atoms with van der Waals surface area (Å²) in [5.41, 5.74) is 9.50. The molecule has 10 rings (SSSR count). The molecule has 0 aliphatic carbocycles. The van der Waals surface area contributed by atoms with E-state index in [4.69, 9.17) is 4.42 Å². The lowest BCUT2D eigenvalue weighted by molar-refractivity contribution is 0.593. The molecule has 0 amide bonds. The summed E-state index contributed by atoms with van der Waals surface area (Å²) in [7, 11) is -3.06. The Bertz CT molecular complexity index is 2720. The van der Waals surface area contributed by atoms with Gasteiger partial charge in [0.2, 0.25) is 0 Å². The van der Waals surface area contributed by atoms with Gasteiger partial charge in [-0.2, -0.15) is 0 Å². The van der Waals surface area contributed by atoms with E-state index in [-0.39, 0.29) is 0 Å². The van der Waals surface area contributed by atoms with E-state index in [1.54, 1.807) is 0 Å². The van der Waals surface area contributed by atoms with Crippen molar-refractivity contribution in [3.63, 3.8) is 0 Å². The molecular weight excluding hydrogens is 581 g/mol.